The molecule has 258 valence electrons. The molecule has 48 heavy (non-hydrogen) atoms. The second-order valence-corrected chi connectivity index (χ2v) is 14.9. The zero-order chi connectivity index (χ0) is 34.8. The summed E-state index contributed by atoms with van der Waals surface area (Å²) in [5, 5.41) is 0.149. The molecule has 1 fully saturated rings. The van der Waals surface area contributed by atoms with Crippen LogP contribution in [0.2, 0.25) is 0 Å². The fourth-order valence-electron chi connectivity index (χ4n) is 6.97. The number of aromatic nitrogens is 3. The van der Waals surface area contributed by atoms with Crippen LogP contribution in [-0.2, 0) is 17.5 Å². The number of anilines is 1. The summed E-state index contributed by atoms with van der Waals surface area (Å²) in [6.45, 7) is 9.48. The molecule has 3 aliphatic rings. The molecule has 14 heteroatoms. The number of carbonyl (C=O) groups is 1. The summed E-state index contributed by atoms with van der Waals surface area (Å²) in [6, 6.07) is 3.82. The number of alkyl halides is 5. The Morgan fingerprint density at radius 3 is 2.31 bits per heavy atom. The Morgan fingerprint density at radius 2 is 1.73 bits per heavy atom. The van der Waals surface area contributed by atoms with Crippen molar-refractivity contribution in [2.75, 3.05) is 23.7 Å². The van der Waals surface area contributed by atoms with Crippen molar-refractivity contribution in [1.29, 1.82) is 0 Å². The van der Waals surface area contributed by atoms with Gasteiger partial charge in [-0.25, -0.2) is 18.4 Å². The van der Waals surface area contributed by atoms with E-state index >= 15 is 13.2 Å². The Morgan fingerprint density at radius 1 is 1.06 bits per heavy atom. The summed E-state index contributed by atoms with van der Waals surface area (Å²) < 4.78 is 80.7. The maximum Gasteiger partial charge on any atom is 0.417 e. The van der Waals surface area contributed by atoms with Crippen LogP contribution in [0, 0.1) is 0 Å². The van der Waals surface area contributed by atoms with E-state index in [9.17, 15) is 18.4 Å². The lowest BCUT2D eigenvalue weighted by atomic mass is 9.87. The highest BCUT2D eigenvalue weighted by Gasteiger charge is 2.42. The predicted molar refractivity (Wildman–Crippen MR) is 175 cm³/mol. The lowest BCUT2D eigenvalue weighted by Gasteiger charge is -2.45. The normalized spacial score (nSPS) is 23.1. The number of halogens is 5. The van der Waals surface area contributed by atoms with Crippen LogP contribution in [0.5, 0.6) is 0 Å². The van der Waals surface area contributed by atoms with Crippen molar-refractivity contribution in [1.82, 2.24) is 19.4 Å². The van der Waals surface area contributed by atoms with E-state index in [2.05, 4.69) is 9.97 Å². The van der Waals surface area contributed by atoms with Gasteiger partial charge in [-0.1, -0.05) is 6.08 Å². The Kier molecular flexibility index (Phi) is 8.78. The second kappa shape index (κ2) is 12.3. The van der Waals surface area contributed by atoms with E-state index < -0.39 is 60.0 Å². The largest absolute Gasteiger partial charge is 0.444 e. The Balaban J connectivity index is 1.55. The van der Waals surface area contributed by atoms with Gasteiger partial charge in [0.2, 0.25) is 0 Å². The van der Waals surface area contributed by atoms with Crippen LogP contribution in [0.15, 0.2) is 46.4 Å². The van der Waals surface area contributed by atoms with Gasteiger partial charge in [-0.15, -0.1) is 11.8 Å². The van der Waals surface area contributed by atoms with Gasteiger partial charge in [-0.05, 0) is 70.4 Å². The maximum absolute atomic E-state index is 15.1. The number of allylic oxidation sites excluding steroid dienone is 2. The van der Waals surface area contributed by atoms with Gasteiger partial charge in [0, 0.05) is 72.4 Å². The molecular formula is C34H38F5N5O3S. The molecule has 2 aliphatic heterocycles. The average molecular weight is 692 g/mol. The second-order valence-electron chi connectivity index (χ2n) is 13.9. The van der Waals surface area contributed by atoms with Gasteiger partial charge in [0.05, 0.1) is 23.2 Å². The Hall–Kier alpha value is -3.68. The van der Waals surface area contributed by atoms with Crippen molar-refractivity contribution in [3.63, 3.8) is 0 Å². The number of piperazine rings is 1. The minimum Gasteiger partial charge on any atom is -0.444 e. The molecule has 0 radical (unpaired) electrons. The van der Waals surface area contributed by atoms with Gasteiger partial charge in [0.15, 0.2) is 0 Å². The summed E-state index contributed by atoms with van der Waals surface area (Å²) in [5.41, 5.74) is -1.06. The fraction of sp³-hybridized carbons (Fsp3) is 0.529. The van der Waals surface area contributed by atoms with Crippen molar-refractivity contribution in [3.8, 4) is 0 Å². The van der Waals surface area contributed by atoms with Crippen molar-refractivity contribution in [2.24, 2.45) is 0 Å². The minimum atomic E-state index is -4.83. The van der Waals surface area contributed by atoms with Crippen LogP contribution in [0.25, 0.3) is 16.5 Å². The monoisotopic (exact) mass is 691 g/mol. The number of nitrogens with zero attached hydrogens (tertiary/aromatic N) is 5. The molecular weight excluding hydrogens is 653 g/mol. The van der Waals surface area contributed by atoms with Gasteiger partial charge >= 0.3 is 18.0 Å². The smallest absolute Gasteiger partial charge is 0.417 e. The van der Waals surface area contributed by atoms with Crippen LogP contribution >= 0.6 is 11.8 Å². The summed E-state index contributed by atoms with van der Waals surface area (Å²) in [4.78, 5) is 39.1. The molecule has 3 atom stereocenters. The number of thioether (sulfide) groups is 1. The molecule has 0 saturated carbocycles. The average Bonchev–Trinajstić information content (AvgIpc) is 3.19. The minimum absolute atomic E-state index is 0.0965. The molecule has 1 aliphatic carbocycles. The van der Waals surface area contributed by atoms with Gasteiger partial charge in [0.1, 0.15) is 11.4 Å². The summed E-state index contributed by atoms with van der Waals surface area (Å²) in [7, 11) is 0. The highest BCUT2D eigenvalue weighted by Crippen LogP contribution is 2.50. The maximum atomic E-state index is 15.1. The number of pyridine rings is 1. The molecule has 2 aromatic heterocycles. The van der Waals surface area contributed by atoms with E-state index in [1.54, 1.807) is 43.0 Å². The fourth-order valence-corrected chi connectivity index (χ4v) is 8.38. The van der Waals surface area contributed by atoms with E-state index in [4.69, 9.17) is 4.74 Å². The number of hydrogen-bond donors (Lipinski definition) is 0. The third-order valence-electron chi connectivity index (χ3n) is 9.06. The first-order valence-electron chi connectivity index (χ1n) is 16.0. The molecule has 0 spiro atoms. The molecule has 3 aromatic rings. The third-order valence-corrected chi connectivity index (χ3v) is 10.3. The molecule has 1 amide bonds. The zero-order valence-electron chi connectivity index (χ0n) is 27.4. The Bertz CT molecular complexity index is 1810. The molecule has 1 saturated heterocycles. The summed E-state index contributed by atoms with van der Waals surface area (Å²) >= 11 is 1.21. The van der Waals surface area contributed by atoms with E-state index in [0.717, 1.165) is 11.6 Å². The van der Waals surface area contributed by atoms with Crippen LogP contribution in [0.3, 0.4) is 0 Å². The molecule has 4 heterocycles. The lowest BCUT2D eigenvalue weighted by Crippen LogP contribution is -2.59. The molecule has 1 aromatic carbocycles. The molecule has 6 rings (SSSR count). The van der Waals surface area contributed by atoms with Crippen LogP contribution in [0.4, 0.5) is 32.6 Å². The molecule has 0 unspecified atom stereocenters. The van der Waals surface area contributed by atoms with E-state index in [-0.39, 0.29) is 59.2 Å². The van der Waals surface area contributed by atoms with Crippen molar-refractivity contribution in [2.45, 2.75) is 101 Å². The number of hydrogen-bond acceptors (Lipinski definition) is 7. The number of ether oxygens (including phenoxy) is 1. The number of benzene rings is 1. The quantitative estimate of drug-likeness (QED) is 0.260. The topological polar surface area (TPSA) is 80.6 Å². The van der Waals surface area contributed by atoms with Gasteiger partial charge < -0.3 is 9.64 Å². The lowest BCUT2D eigenvalue weighted by molar-refractivity contribution is -0.137. The zero-order valence-corrected chi connectivity index (χ0v) is 28.2. The molecule has 8 nitrogen and oxygen atoms in total. The number of carbonyl (C=O) groups excluding carboxylic acids is 1. The van der Waals surface area contributed by atoms with Crippen LogP contribution in [0.1, 0.15) is 76.5 Å². The van der Waals surface area contributed by atoms with Crippen LogP contribution in [-0.4, -0.2) is 68.0 Å². The summed E-state index contributed by atoms with van der Waals surface area (Å²) in [6.07, 6.45) is -2.32. The Labute approximate surface area is 279 Å². The highest BCUT2D eigenvalue weighted by atomic mass is 32.2. The highest BCUT2D eigenvalue weighted by molar-refractivity contribution is 7.99. The van der Waals surface area contributed by atoms with Gasteiger partial charge in [-0.3, -0.25) is 14.5 Å². The van der Waals surface area contributed by atoms with Crippen molar-refractivity contribution >= 4 is 40.1 Å². The van der Waals surface area contributed by atoms with Crippen molar-refractivity contribution < 1.29 is 31.5 Å². The van der Waals surface area contributed by atoms with Crippen molar-refractivity contribution in [3.05, 3.63) is 63.8 Å². The standard InChI is InChI=1S/C34H38F5N5O3S/c1-19-15-42(16-20(2)44(19)31(46)47-32(3,4)5)29-24-14-25(34(37,38)39)26(22-6-10-33(35,36)11-7-22)28-27(24)43(30(45)41-29)17-23(18-48-28)21-8-12-40-13-9-21/h6,8-9,12-14,19-20,23H,7,10-11,15-18H2,1-5H3/t19-,20+,23-/m0/s1. The molecule has 0 bridgehead atoms. The molecule has 0 N–H and O–H groups in total. The van der Waals surface area contributed by atoms with E-state index in [1.165, 1.54) is 22.4 Å². The summed E-state index contributed by atoms with van der Waals surface area (Å²) in [5.74, 6) is -2.82. The first-order chi connectivity index (χ1) is 22.4. The first-order valence-corrected chi connectivity index (χ1v) is 17.0. The van der Waals surface area contributed by atoms with E-state index in [0.29, 0.717) is 11.3 Å². The van der Waals surface area contributed by atoms with E-state index in [1.807, 2.05) is 26.0 Å². The SMILES string of the molecule is C[C@@H]1CN(c2nc(=O)n3c4c(c(C5=CCC(F)(F)CC5)c(C(F)(F)F)cc24)SC[C@@H](c2ccncc2)C3)C[C@H](C)N1C(=O)OC(C)(C)C. The third kappa shape index (κ3) is 6.64. The number of rotatable bonds is 3. The number of amides is 1. The van der Waals surface area contributed by atoms with Gasteiger partial charge in [0.25, 0.3) is 5.92 Å². The van der Waals surface area contributed by atoms with Crippen LogP contribution < -0.4 is 10.6 Å². The first kappa shape index (κ1) is 34.2. The van der Waals surface area contributed by atoms with Gasteiger partial charge in [-0.2, -0.15) is 18.2 Å². The predicted octanol–water partition coefficient (Wildman–Crippen LogP) is 7.74.